The third-order valence-electron chi connectivity index (χ3n) is 5.05. The molecule has 1 aliphatic rings. The van der Waals surface area contributed by atoms with Crippen LogP contribution >= 0.6 is 34.8 Å². The molecule has 7 nitrogen and oxygen atoms in total. The number of ether oxygens (including phenoxy) is 4. The minimum atomic E-state index is -2.16. The number of hydrogen-bond acceptors (Lipinski definition) is 7. The molecule has 0 spiro atoms. The minimum Gasteiger partial charge on any atom is -0.449 e. The molecule has 2 aromatic carbocycles. The summed E-state index contributed by atoms with van der Waals surface area (Å²) >= 11 is 17.2. The first-order chi connectivity index (χ1) is 15.7. The number of aliphatic hydroxyl groups excluding tert-OH is 1. The van der Waals surface area contributed by atoms with E-state index in [0.717, 1.165) is 5.56 Å². The summed E-state index contributed by atoms with van der Waals surface area (Å²) in [6.45, 7) is 2.04. The summed E-state index contributed by atoms with van der Waals surface area (Å²) in [5.74, 6) is -1.45. The first-order valence-corrected chi connectivity index (χ1v) is 11.4. The van der Waals surface area contributed by atoms with Gasteiger partial charge in [0.05, 0.1) is 18.3 Å². The number of esters is 1. The number of carbonyl (C=O) groups excluding carboxylic acids is 1. The van der Waals surface area contributed by atoms with Crippen LogP contribution in [0.3, 0.4) is 0 Å². The van der Waals surface area contributed by atoms with E-state index in [2.05, 4.69) is 0 Å². The van der Waals surface area contributed by atoms with Crippen LogP contribution < -0.4 is 0 Å². The number of hydrogen-bond donors (Lipinski definition) is 2. The summed E-state index contributed by atoms with van der Waals surface area (Å²) in [4.78, 5) is 12.7. The van der Waals surface area contributed by atoms with Crippen LogP contribution in [0, 0.1) is 56.9 Å². The van der Waals surface area contributed by atoms with Gasteiger partial charge in [-0.05, 0) is 24.1 Å². The Morgan fingerprint density at radius 1 is 1.03 bits per heavy atom. The Labute approximate surface area is 256 Å². The summed E-state index contributed by atoms with van der Waals surface area (Å²) in [5, 5.41) is 19.1. The molecule has 1 saturated heterocycles. The van der Waals surface area contributed by atoms with E-state index in [-0.39, 0.29) is 63.7 Å². The van der Waals surface area contributed by atoms with Gasteiger partial charge in [0.2, 0.25) is 12.2 Å². The summed E-state index contributed by atoms with van der Waals surface area (Å²) in [6, 6.07) is 17.6. The Hall–Kier alpha value is -0.428. The van der Waals surface area contributed by atoms with Gasteiger partial charge in [0.1, 0.15) is 12.2 Å². The first-order valence-electron chi connectivity index (χ1n) is 10.3. The molecule has 0 saturated carbocycles. The van der Waals surface area contributed by atoms with E-state index in [0.29, 0.717) is 6.42 Å². The van der Waals surface area contributed by atoms with E-state index < -0.39 is 46.4 Å². The van der Waals surface area contributed by atoms with Crippen molar-refractivity contribution in [3.63, 3.8) is 0 Å². The van der Waals surface area contributed by atoms with Gasteiger partial charge in [-0.2, -0.15) is 0 Å². The van der Waals surface area contributed by atoms with Crippen molar-refractivity contribution in [3.8, 4) is 0 Å². The van der Waals surface area contributed by atoms with Crippen molar-refractivity contribution < 1.29 is 72.9 Å². The third-order valence-corrected chi connectivity index (χ3v) is 5.56. The molecular formula is C24H27AcCl3NO6-. The molecule has 11 heteroatoms. The predicted octanol–water partition coefficient (Wildman–Crippen LogP) is 5.11. The maximum atomic E-state index is 12.7. The SMILES string of the molecule is CCC1O[C@@H](OC(=N)C(Cl)(Cl)Cl)C(OC(=O)c2ccccc2)[C@@H](O)[C@H]1OCc1ccccc1.[Ac].[CH3-]. The van der Waals surface area contributed by atoms with Crippen molar-refractivity contribution in [1.82, 2.24) is 0 Å². The van der Waals surface area contributed by atoms with Gasteiger partial charge in [0.15, 0.2) is 6.10 Å². The molecule has 1 aliphatic heterocycles. The third kappa shape index (κ3) is 9.12. The normalized spacial score (nSPS) is 23.9. The van der Waals surface area contributed by atoms with Gasteiger partial charge in [-0.3, -0.25) is 5.41 Å². The number of alkyl halides is 3. The second-order valence-electron chi connectivity index (χ2n) is 7.38. The van der Waals surface area contributed by atoms with E-state index in [9.17, 15) is 9.90 Å². The molecule has 1 fully saturated rings. The van der Waals surface area contributed by atoms with Crippen LogP contribution in [0.4, 0.5) is 0 Å². The van der Waals surface area contributed by atoms with Crippen molar-refractivity contribution in [1.29, 1.82) is 5.41 Å². The number of aliphatic hydroxyl groups is 1. The fourth-order valence-corrected chi connectivity index (χ4v) is 3.50. The monoisotopic (exact) mass is 757 g/mol. The summed E-state index contributed by atoms with van der Waals surface area (Å²) in [5.41, 5.74) is 1.16. The molecule has 2 unspecified atom stereocenters. The zero-order valence-electron chi connectivity index (χ0n) is 19.3. The van der Waals surface area contributed by atoms with Crippen molar-refractivity contribution in [2.45, 2.75) is 54.4 Å². The van der Waals surface area contributed by atoms with Crippen LogP contribution in [-0.4, -0.2) is 51.5 Å². The van der Waals surface area contributed by atoms with Crippen LogP contribution in [0.5, 0.6) is 0 Å². The Balaban J connectivity index is 0.00000306. The van der Waals surface area contributed by atoms with Gasteiger partial charge in [-0.25, -0.2) is 4.79 Å². The van der Waals surface area contributed by atoms with E-state index in [1.54, 1.807) is 30.3 Å². The molecule has 35 heavy (non-hydrogen) atoms. The second kappa shape index (κ2) is 15.1. The quantitative estimate of drug-likeness (QED) is 0.134. The van der Waals surface area contributed by atoms with Crippen molar-refractivity contribution in [3.05, 3.63) is 79.2 Å². The summed E-state index contributed by atoms with van der Waals surface area (Å²) < 4.78 is 20.7. The number of benzene rings is 2. The number of carbonyl (C=O) groups is 1. The molecule has 2 N–H and O–H groups in total. The maximum Gasteiger partial charge on any atom is 0.338 e. The zero-order valence-corrected chi connectivity index (χ0v) is 26.3. The van der Waals surface area contributed by atoms with Crippen molar-refractivity contribution >= 4 is 46.7 Å². The largest absolute Gasteiger partial charge is 0.449 e. The van der Waals surface area contributed by atoms with Gasteiger partial charge in [0, 0.05) is 44.1 Å². The summed E-state index contributed by atoms with van der Waals surface area (Å²) in [7, 11) is 0. The summed E-state index contributed by atoms with van der Waals surface area (Å²) in [6.07, 6.45) is -5.12. The van der Waals surface area contributed by atoms with E-state index in [1.807, 2.05) is 37.3 Å². The second-order valence-corrected chi connectivity index (χ2v) is 9.66. The van der Waals surface area contributed by atoms with Crippen LogP contribution in [0.1, 0.15) is 29.3 Å². The van der Waals surface area contributed by atoms with Crippen LogP contribution in [0.2, 0.25) is 0 Å². The Morgan fingerprint density at radius 2 is 1.60 bits per heavy atom. The van der Waals surface area contributed by atoms with Gasteiger partial charge in [-0.1, -0.05) is 90.3 Å². The molecule has 3 rings (SSSR count). The molecule has 1 heterocycles. The van der Waals surface area contributed by atoms with Crippen molar-refractivity contribution in [2.24, 2.45) is 0 Å². The maximum absolute atomic E-state index is 12.7. The molecule has 0 amide bonds. The van der Waals surface area contributed by atoms with Crippen LogP contribution in [0.15, 0.2) is 60.7 Å². The fourth-order valence-electron chi connectivity index (χ4n) is 3.37. The molecule has 2 aromatic rings. The zero-order chi connectivity index (χ0) is 24.0. The predicted molar refractivity (Wildman–Crippen MR) is 131 cm³/mol. The van der Waals surface area contributed by atoms with Gasteiger partial charge in [0.25, 0.3) is 3.79 Å². The smallest absolute Gasteiger partial charge is 0.338 e. The molecular weight excluding hydrogens is 732 g/mol. The van der Waals surface area contributed by atoms with Crippen LogP contribution in [0.25, 0.3) is 0 Å². The Bertz CT molecular complexity index is 932. The molecule has 1 radical (unpaired) electrons. The average Bonchev–Trinajstić information content (AvgIpc) is 2.81. The van der Waals surface area contributed by atoms with Crippen LogP contribution in [-0.2, 0) is 25.6 Å². The van der Waals surface area contributed by atoms with E-state index in [1.165, 1.54) is 0 Å². The van der Waals surface area contributed by atoms with Gasteiger partial charge in [-0.15, -0.1) is 0 Å². The first kappa shape index (κ1) is 32.6. The minimum absolute atomic E-state index is 0. The topological polar surface area (TPSA) is 98.1 Å². The Kier molecular flexibility index (Phi) is 14.1. The van der Waals surface area contributed by atoms with Gasteiger partial charge < -0.3 is 31.5 Å². The van der Waals surface area contributed by atoms with Crippen molar-refractivity contribution in [2.75, 3.05) is 0 Å². The van der Waals surface area contributed by atoms with E-state index >= 15 is 0 Å². The molecule has 0 aliphatic carbocycles. The Morgan fingerprint density at radius 3 is 2.14 bits per heavy atom. The van der Waals surface area contributed by atoms with E-state index in [4.69, 9.17) is 59.2 Å². The standard InChI is InChI=1S/C23H24Cl3NO6.CH3.Ac/c1-2-16-18(30-13-14-9-5-3-6-10-14)17(28)19(21(31-16)33-22(27)23(24,25)26)32-20(29)15-11-7-4-8-12-15;;/h3-12,16-19,21,27-28H,2,13H2,1H3;1H3;/q;-1;/t16?,17-,18-,19?,21-;;/m0../s1. The fraction of sp³-hybridized carbons (Fsp3) is 0.375. The number of rotatable bonds is 7. The van der Waals surface area contributed by atoms with Gasteiger partial charge >= 0.3 is 5.97 Å². The molecule has 5 atom stereocenters. The number of nitrogens with one attached hydrogen (secondary N) is 1. The molecule has 0 aromatic heterocycles. The average molecular weight is 759 g/mol. The molecule has 189 valence electrons. The number of halogens is 3. The molecule has 0 bridgehead atoms.